The molecular formula is C50H64F6N2O4. The Morgan fingerprint density at radius 2 is 0.871 bits per heavy atom. The number of esters is 2. The summed E-state index contributed by atoms with van der Waals surface area (Å²) in [5, 5.41) is 0. The first-order chi connectivity index (χ1) is 29.7. The molecule has 0 saturated heterocycles. The maximum Gasteiger partial charge on any atom is 0.391 e. The van der Waals surface area contributed by atoms with Gasteiger partial charge in [0.25, 0.3) is 0 Å². The summed E-state index contributed by atoms with van der Waals surface area (Å²) in [4.78, 5) is 33.4. The van der Waals surface area contributed by atoms with Crippen molar-refractivity contribution in [3.05, 3.63) is 107 Å². The van der Waals surface area contributed by atoms with E-state index in [4.69, 9.17) is 9.47 Å². The van der Waals surface area contributed by atoms with Crippen LogP contribution in [0.25, 0.3) is 22.5 Å². The van der Waals surface area contributed by atoms with E-state index >= 15 is 0 Å². The van der Waals surface area contributed by atoms with Crippen LogP contribution in [0.2, 0.25) is 0 Å². The van der Waals surface area contributed by atoms with Gasteiger partial charge in [-0.25, -0.2) is 9.59 Å². The minimum Gasteiger partial charge on any atom is -0.462 e. The zero-order chi connectivity index (χ0) is 45.4. The van der Waals surface area contributed by atoms with Crippen molar-refractivity contribution in [1.82, 2.24) is 9.97 Å². The molecule has 12 heteroatoms. The van der Waals surface area contributed by atoms with E-state index < -0.39 is 36.1 Å². The second kappa shape index (κ2) is 27.3. The smallest absolute Gasteiger partial charge is 0.391 e. The number of hydrogen-bond acceptors (Lipinski definition) is 6. The first-order valence-electron chi connectivity index (χ1n) is 22.3. The fourth-order valence-corrected chi connectivity index (χ4v) is 6.78. The van der Waals surface area contributed by atoms with E-state index in [-0.39, 0.29) is 38.9 Å². The Kier molecular flexibility index (Phi) is 22.8. The first kappa shape index (κ1) is 51.6. The highest BCUT2D eigenvalue weighted by molar-refractivity contribution is 5.90. The molecule has 0 aliphatic carbocycles. The number of hydrogen-bond donors (Lipinski definition) is 0. The SMILES string of the molecule is CCCCCCc1ccc(-c2ccc(C(=O)OCCC(CCCC)C(F)(F)F)cc2)nc1.CCCCc1ccc(-c2ccc(C(=O)OCCC(CCCC)C(F)(F)F)cc2)nc1. The standard InChI is InChI=1S/C26H34F3NO2.C24H30F3NO2/c1-3-5-7-8-9-20-11-16-24(30-19-20)21-12-14-22(15-13-21)25(31)32-18-17-23(10-6-4-2)26(27,28)29;1-3-5-7-18-9-14-22(28-17-18)19-10-12-20(13-11-19)23(29)30-16-15-21(8-6-4-2)24(25,26)27/h11-16,19,23H,3-10,17-18H2,1-2H3;9-14,17,21H,3-8,15-16H2,1-2H3. The molecule has 0 fully saturated rings. The van der Waals surface area contributed by atoms with Crippen molar-refractivity contribution >= 4 is 11.9 Å². The Hall–Kier alpha value is -4.74. The minimum atomic E-state index is -4.26. The van der Waals surface area contributed by atoms with Gasteiger partial charge in [-0.3, -0.25) is 9.97 Å². The Labute approximate surface area is 364 Å². The van der Waals surface area contributed by atoms with Gasteiger partial charge >= 0.3 is 24.3 Å². The summed E-state index contributed by atoms with van der Waals surface area (Å²) in [7, 11) is 0. The highest BCUT2D eigenvalue weighted by atomic mass is 19.4. The number of pyridine rings is 2. The van der Waals surface area contributed by atoms with Crippen LogP contribution < -0.4 is 0 Å². The quantitative estimate of drug-likeness (QED) is 0.0396. The Morgan fingerprint density at radius 1 is 0.484 bits per heavy atom. The fourth-order valence-electron chi connectivity index (χ4n) is 6.78. The summed E-state index contributed by atoms with van der Waals surface area (Å²) in [6.45, 7) is 7.57. The lowest BCUT2D eigenvalue weighted by atomic mass is 9.98. The molecule has 2 heterocycles. The topological polar surface area (TPSA) is 78.4 Å². The van der Waals surface area contributed by atoms with Gasteiger partial charge in [0.1, 0.15) is 0 Å². The predicted molar refractivity (Wildman–Crippen MR) is 234 cm³/mol. The van der Waals surface area contributed by atoms with Gasteiger partial charge in [0.05, 0.1) is 47.6 Å². The number of rotatable bonds is 24. The molecule has 4 aromatic rings. The molecule has 0 radical (unpaired) electrons. The number of carbonyl (C=O) groups is 2. The highest BCUT2D eigenvalue weighted by Gasteiger charge is 2.39. The minimum absolute atomic E-state index is 0.0660. The maximum atomic E-state index is 13.1. The third-order valence-electron chi connectivity index (χ3n) is 10.8. The van der Waals surface area contributed by atoms with Gasteiger partial charge < -0.3 is 9.47 Å². The van der Waals surface area contributed by atoms with Gasteiger partial charge in [0.15, 0.2) is 0 Å². The summed E-state index contributed by atoms with van der Waals surface area (Å²) >= 11 is 0. The average Bonchev–Trinajstić information content (AvgIpc) is 3.26. The van der Waals surface area contributed by atoms with E-state index in [1.54, 1.807) is 48.5 Å². The number of alkyl halides is 6. The molecule has 340 valence electrons. The summed E-state index contributed by atoms with van der Waals surface area (Å²) in [6, 6.07) is 21.6. The Bertz CT molecular complexity index is 1850. The summed E-state index contributed by atoms with van der Waals surface area (Å²) in [5.74, 6) is -4.08. The van der Waals surface area contributed by atoms with Crippen LogP contribution in [0, 0.1) is 11.8 Å². The summed E-state index contributed by atoms with van der Waals surface area (Å²) in [6.07, 6.45) is 6.51. The molecule has 2 aromatic heterocycles. The van der Waals surface area contributed by atoms with E-state index in [2.05, 4.69) is 35.9 Å². The number of nitrogens with zero attached hydrogens (tertiary/aromatic N) is 2. The number of ether oxygens (including phenoxy) is 2. The van der Waals surface area contributed by atoms with Gasteiger partial charge in [-0.2, -0.15) is 26.3 Å². The number of aryl methyl sites for hydroxylation is 2. The van der Waals surface area contributed by atoms with Crippen LogP contribution in [0.15, 0.2) is 85.2 Å². The summed E-state index contributed by atoms with van der Waals surface area (Å²) in [5.41, 5.74) is 6.39. The molecule has 0 saturated carbocycles. The Balaban J connectivity index is 0.000000331. The van der Waals surface area contributed by atoms with Crippen LogP contribution in [-0.4, -0.2) is 47.5 Å². The third kappa shape index (κ3) is 18.7. The Morgan fingerprint density at radius 3 is 1.21 bits per heavy atom. The van der Waals surface area contributed by atoms with Crippen LogP contribution in [0.3, 0.4) is 0 Å². The molecule has 0 aliphatic rings. The monoisotopic (exact) mass is 870 g/mol. The molecule has 2 unspecified atom stereocenters. The van der Waals surface area contributed by atoms with Crippen molar-refractivity contribution in [2.75, 3.05) is 13.2 Å². The van der Waals surface area contributed by atoms with Crippen molar-refractivity contribution < 1.29 is 45.4 Å². The van der Waals surface area contributed by atoms with Gasteiger partial charge in [0.2, 0.25) is 0 Å². The normalized spacial score (nSPS) is 12.5. The number of carbonyl (C=O) groups excluding carboxylic acids is 2. The van der Waals surface area contributed by atoms with Crippen molar-refractivity contribution in [3.8, 4) is 22.5 Å². The van der Waals surface area contributed by atoms with Crippen molar-refractivity contribution in [2.45, 2.75) is 143 Å². The molecule has 0 aliphatic heterocycles. The zero-order valence-electron chi connectivity index (χ0n) is 36.8. The van der Waals surface area contributed by atoms with Crippen molar-refractivity contribution in [2.24, 2.45) is 11.8 Å². The van der Waals surface area contributed by atoms with Crippen molar-refractivity contribution in [3.63, 3.8) is 0 Å². The van der Waals surface area contributed by atoms with E-state index in [1.165, 1.54) is 30.4 Å². The predicted octanol–water partition coefficient (Wildman–Crippen LogP) is 14.8. The number of benzene rings is 2. The summed E-state index contributed by atoms with van der Waals surface area (Å²) < 4.78 is 88.5. The number of unbranched alkanes of at least 4 members (excludes halogenated alkanes) is 6. The second-order valence-electron chi connectivity index (χ2n) is 15.8. The number of aromatic nitrogens is 2. The zero-order valence-corrected chi connectivity index (χ0v) is 36.8. The van der Waals surface area contributed by atoms with E-state index in [0.717, 1.165) is 54.6 Å². The fraction of sp³-hybridized carbons (Fsp3) is 0.520. The molecule has 2 atom stereocenters. The van der Waals surface area contributed by atoms with Gasteiger partial charge in [0, 0.05) is 23.5 Å². The third-order valence-corrected chi connectivity index (χ3v) is 10.8. The molecule has 62 heavy (non-hydrogen) atoms. The number of halogens is 6. The molecule has 4 rings (SSSR count). The largest absolute Gasteiger partial charge is 0.462 e. The van der Waals surface area contributed by atoms with Gasteiger partial charge in [-0.1, -0.05) is 115 Å². The van der Waals surface area contributed by atoms with E-state index in [9.17, 15) is 35.9 Å². The molecule has 6 nitrogen and oxygen atoms in total. The van der Waals surface area contributed by atoms with E-state index in [1.807, 2.05) is 38.4 Å². The van der Waals surface area contributed by atoms with Crippen LogP contribution in [0.4, 0.5) is 26.3 Å². The second-order valence-corrected chi connectivity index (χ2v) is 15.8. The molecule has 2 aromatic carbocycles. The van der Waals surface area contributed by atoms with E-state index in [0.29, 0.717) is 36.8 Å². The lowest BCUT2D eigenvalue weighted by Gasteiger charge is -2.19. The van der Waals surface area contributed by atoms with Crippen molar-refractivity contribution in [1.29, 1.82) is 0 Å². The first-order valence-corrected chi connectivity index (χ1v) is 22.3. The van der Waals surface area contributed by atoms with Crippen LogP contribution in [0.5, 0.6) is 0 Å². The lowest BCUT2D eigenvalue weighted by Crippen LogP contribution is -2.25. The molecule has 0 amide bonds. The van der Waals surface area contributed by atoms with Gasteiger partial charge in [-0.15, -0.1) is 0 Å². The highest BCUT2D eigenvalue weighted by Crippen LogP contribution is 2.34. The van der Waals surface area contributed by atoms with Crippen LogP contribution in [0.1, 0.15) is 149 Å². The molecule has 0 bridgehead atoms. The molecule has 0 N–H and O–H groups in total. The maximum absolute atomic E-state index is 13.1. The van der Waals surface area contributed by atoms with Crippen LogP contribution in [-0.2, 0) is 22.3 Å². The van der Waals surface area contributed by atoms with Crippen LogP contribution >= 0.6 is 0 Å². The molecule has 0 spiro atoms. The van der Waals surface area contributed by atoms with Gasteiger partial charge in [-0.05, 0) is 98.9 Å². The average molecular weight is 871 g/mol. The molecular weight excluding hydrogens is 807 g/mol. The lowest BCUT2D eigenvalue weighted by molar-refractivity contribution is -0.181.